The summed E-state index contributed by atoms with van der Waals surface area (Å²) in [5, 5.41) is 96.6. The van der Waals surface area contributed by atoms with Gasteiger partial charge in [-0.15, -0.1) is 5.10 Å². The molecule has 4 aliphatic rings. The SMILES string of the molecule is CCCCCCCCCCCC(=O)OCc1cn([C@H]2[C@H](O)[C@H](CNC(=O)OC(C)(C)C)O[C@H](O[C@H]3[C@@H](O)[C@H](O[C@@H]4[C@@H](O)[C@H](NC(=O)OC(C)(C)C)C[C@H](NC(=O)OC(C)(C)C)[C@H]4O[C@H]4O[C@H](CNC(=O)OC(C)(C)C)[C@@H](O)[C@H](O)[C@H]4NC(=O)OC(C)(C)C)O[C@@H]3CO)[C@@H]2NC(=O)OC(C)(C)C)nn1. The number of hydrogen-bond acceptors (Lipinski definition) is 28. The van der Waals surface area contributed by atoms with E-state index in [-0.39, 0.29) is 18.7 Å². The molecule has 19 atom stereocenters. The molecule has 0 radical (unpaired) electrons. The van der Waals surface area contributed by atoms with Gasteiger partial charge in [0.15, 0.2) is 18.9 Å². The lowest BCUT2D eigenvalue weighted by atomic mass is 9.83. The van der Waals surface area contributed by atoms with E-state index >= 15 is 0 Å². The van der Waals surface area contributed by atoms with Gasteiger partial charge in [0.1, 0.15) is 131 Å². The number of nitrogens with zero attached hydrogens (tertiary/aromatic N) is 3. The zero-order valence-corrected chi connectivity index (χ0v) is 63.3. The average molecular weight is 1480 g/mol. The number of carbonyl (C=O) groups excluding carboxylic acids is 7. The summed E-state index contributed by atoms with van der Waals surface area (Å²) < 4.78 is 79.0. The number of aromatic nitrogens is 3. The smallest absolute Gasteiger partial charge is 0.408 e. The molecule has 6 amide bonds. The predicted molar refractivity (Wildman–Crippen MR) is 364 cm³/mol. The zero-order chi connectivity index (χ0) is 77.3. The molecule has 0 spiro atoms. The summed E-state index contributed by atoms with van der Waals surface area (Å²) >= 11 is 0. The number of esters is 1. The first-order chi connectivity index (χ1) is 47.6. The topological polar surface area (TPSA) is 464 Å². The summed E-state index contributed by atoms with van der Waals surface area (Å²) in [5.74, 6) is -0.483. The van der Waals surface area contributed by atoms with E-state index in [1.54, 1.807) is 125 Å². The quantitative estimate of drug-likeness (QED) is 0.0300. The van der Waals surface area contributed by atoms with Gasteiger partial charge < -0.3 is 124 Å². The van der Waals surface area contributed by atoms with Crippen molar-refractivity contribution in [2.45, 2.75) is 359 Å². The van der Waals surface area contributed by atoms with Gasteiger partial charge in [-0.2, -0.15) is 0 Å². The van der Waals surface area contributed by atoms with Crippen molar-refractivity contribution < 1.29 is 126 Å². The van der Waals surface area contributed by atoms with Gasteiger partial charge in [0.25, 0.3) is 0 Å². The first kappa shape index (κ1) is 87.4. The minimum atomic E-state index is -2.10. The standard InChI is InChI=1S/C68H119N9O26/c1-20-21-22-23-24-25-26-27-28-29-42(79)91-35-36-33-77(76-75-36)45-43(73-61(89)102-67(14,15)16)54(92-39(47(45)81)31-69-57(85)98-63(2,3)4)96-52-41(34-78)94-56(50(52)84)97-53-46(80)37(71-59(87)100-65(8,9)10)30-38(72-60(88)101-66(11,12)13)51(53)95-55-44(74-62(90)103-68(17,18)19)49(83)48(82)40(93-55)32-70-58(86)99-64(5,6)7/h33,37-41,43-56,78,80-84H,20-32,34-35H2,1-19H3,(H,69,85)(H,70,86)(H,71,87)(H,72,88)(H,73,89)(H,74,90)/t37-,38+,39+,40-,41-,43-,44-,45-,46+,47-,48-,49-,50-,51-,52-,53-,54-,55-,56+/m1/s1. The maximum Gasteiger partial charge on any atom is 0.408 e. The van der Waals surface area contributed by atoms with Crippen molar-refractivity contribution in [1.82, 2.24) is 46.9 Å². The number of hydrogen-bond donors (Lipinski definition) is 12. The van der Waals surface area contributed by atoms with Gasteiger partial charge in [0.05, 0.1) is 24.9 Å². The van der Waals surface area contributed by atoms with Crippen LogP contribution in [0.25, 0.3) is 0 Å². The second-order valence-electron chi connectivity index (χ2n) is 32.3. The highest BCUT2D eigenvalue weighted by Crippen LogP contribution is 2.38. The molecule has 3 aliphatic heterocycles. The highest BCUT2D eigenvalue weighted by Gasteiger charge is 2.58. The fourth-order valence-corrected chi connectivity index (χ4v) is 11.6. The molecule has 35 heteroatoms. The third-order valence-electron chi connectivity index (χ3n) is 15.9. The largest absolute Gasteiger partial charge is 0.459 e. The van der Waals surface area contributed by atoms with E-state index in [0.29, 0.717) is 6.42 Å². The number of rotatable bonds is 28. The molecule has 103 heavy (non-hydrogen) atoms. The van der Waals surface area contributed by atoms with Gasteiger partial charge in [-0.05, 0) is 137 Å². The van der Waals surface area contributed by atoms with Gasteiger partial charge in [-0.3, -0.25) is 4.79 Å². The van der Waals surface area contributed by atoms with E-state index in [9.17, 15) is 64.2 Å². The van der Waals surface area contributed by atoms with Crippen molar-refractivity contribution in [3.8, 4) is 0 Å². The van der Waals surface area contributed by atoms with Gasteiger partial charge in [0, 0.05) is 19.5 Å². The van der Waals surface area contributed by atoms with Crippen LogP contribution in [-0.4, -0.2) is 252 Å². The molecule has 35 nitrogen and oxygen atoms in total. The van der Waals surface area contributed by atoms with Crippen molar-refractivity contribution in [2.24, 2.45) is 0 Å². The lowest BCUT2D eigenvalue weighted by molar-refractivity contribution is -0.311. The third-order valence-corrected chi connectivity index (χ3v) is 15.9. The molecule has 1 aromatic heterocycles. The lowest BCUT2D eigenvalue weighted by Gasteiger charge is -2.49. The first-order valence-corrected chi connectivity index (χ1v) is 35.6. The summed E-state index contributed by atoms with van der Waals surface area (Å²) in [6.45, 7) is 28.4. The van der Waals surface area contributed by atoms with Crippen molar-refractivity contribution in [1.29, 1.82) is 0 Å². The third kappa shape index (κ3) is 29.6. The number of aliphatic hydroxyl groups is 6. The molecule has 1 aliphatic carbocycles. The molecular formula is C68H119N9O26. The molecule has 4 heterocycles. The summed E-state index contributed by atoms with van der Waals surface area (Å²) in [4.78, 5) is 94.7. The van der Waals surface area contributed by atoms with Crippen LogP contribution in [0.15, 0.2) is 6.20 Å². The predicted octanol–water partition coefficient (Wildman–Crippen LogP) is 4.94. The van der Waals surface area contributed by atoms with Crippen LogP contribution in [0.2, 0.25) is 0 Å². The Morgan fingerprint density at radius 3 is 1.36 bits per heavy atom. The normalized spacial score (nSPS) is 29.3. The van der Waals surface area contributed by atoms with Crippen molar-refractivity contribution >= 4 is 42.5 Å². The average Bonchev–Trinajstić information content (AvgIpc) is 1.76. The number of alkyl carbamates (subject to hydrolysis) is 6. The maximum atomic E-state index is 14.0. The molecule has 1 saturated carbocycles. The first-order valence-electron chi connectivity index (χ1n) is 35.6. The molecule has 1 aromatic rings. The Labute approximate surface area is 603 Å². The van der Waals surface area contributed by atoms with Crippen LogP contribution in [0.4, 0.5) is 28.8 Å². The van der Waals surface area contributed by atoms with E-state index in [1.165, 1.54) is 25.5 Å². The minimum absolute atomic E-state index is 0.115. The fourth-order valence-electron chi connectivity index (χ4n) is 11.6. The lowest BCUT2D eigenvalue weighted by Crippen LogP contribution is -2.70. The molecule has 3 saturated heterocycles. The second kappa shape index (κ2) is 37.8. The van der Waals surface area contributed by atoms with Gasteiger partial charge in [0.2, 0.25) is 0 Å². The molecule has 4 fully saturated rings. The highest BCUT2D eigenvalue weighted by atomic mass is 16.8. The summed E-state index contributed by atoms with van der Waals surface area (Å²) in [6, 6.07) is -7.89. The minimum Gasteiger partial charge on any atom is -0.459 e. The van der Waals surface area contributed by atoms with Crippen LogP contribution < -0.4 is 31.9 Å². The number of ether oxygens (including phenoxy) is 13. The number of carbonyl (C=O) groups is 7. The molecule has 0 bridgehead atoms. The number of amides is 6. The number of aliphatic hydroxyl groups excluding tert-OH is 6. The molecule has 592 valence electrons. The van der Waals surface area contributed by atoms with Crippen LogP contribution in [0, 0.1) is 0 Å². The Balaban J connectivity index is 1.60. The van der Waals surface area contributed by atoms with Crippen molar-refractivity contribution in [3.05, 3.63) is 11.9 Å². The van der Waals surface area contributed by atoms with Crippen LogP contribution >= 0.6 is 0 Å². The Bertz CT molecular complexity index is 2870. The molecule has 0 unspecified atom stereocenters. The molecule has 5 rings (SSSR count). The summed E-state index contributed by atoms with van der Waals surface area (Å²) in [5.41, 5.74) is -6.34. The number of unbranched alkanes of at least 4 members (excludes halogenated alkanes) is 8. The summed E-state index contributed by atoms with van der Waals surface area (Å²) in [6.07, 6.45) is -21.8. The summed E-state index contributed by atoms with van der Waals surface area (Å²) in [7, 11) is 0. The molecular weight excluding hydrogens is 1360 g/mol. The Morgan fingerprint density at radius 1 is 0.466 bits per heavy atom. The van der Waals surface area contributed by atoms with E-state index < -0.39 is 218 Å². The Hall–Kier alpha value is -6.25. The van der Waals surface area contributed by atoms with Crippen LogP contribution in [0.3, 0.4) is 0 Å². The van der Waals surface area contributed by atoms with Gasteiger partial charge in [-0.25, -0.2) is 33.4 Å². The Morgan fingerprint density at radius 2 is 0.874 bits per heavy atom. The van der Waals surface area contributed by atoms with E-state index in [2.05, 4.69) is 49.1 Å². The van der Waals surface area contributed by atoms with E-state index in [0.717, 1.165) is 36.8 Å². The molecule has 0 aromatic carbocycles. The zero-order valence-electron chi connectivity index (χ0n) is 63.3. The molecule has 12 N–H and O–H groups in total. The van der Waals surface area contributed by atoms with E-state index in [4.69, 9.17) is 61.6 Å². The van der Waals surface area contributed by atoms with E-state index in [1.807, 2.05) is 0 Å². The van der Waals surface area contributed by atoms with Crippen molar-refractivity contribution in [3.63, 3.8) is 0 Å². The van der Waals surface area contributed by atoms with Crippen molar-refractivity contribution in [2.75, 3.05) is 19.7 Å². The van der Waals surface area contributed by atoms with Crippen LogP contribution in [0.1, 0.15) is 214 Å². The highest BCUT2D eigenvalue weighted by molar-refractivity contribution is 5.71. The van der Waals surface area contributed by atoms with Gasteiger partial charge in [-0.1, -0.05) is 63.5 Å². The number of nitrogens with one attached hydrogen (secondary N) is 6. The maximum absolute atomic E-state index is 14.0. The van der Waals surface area contributed by atoms with Crippen LogP contribution in [0.5, 0.6) is 0 Å². The fraction of sp³-hybridized carbons (Fsp3) is 0.868. The monoisotopic (exact) mass is 1480 g/mol. The van der Waals surface area contributed by atoms with Crippen LogP contribution in [-0.2, 0) is 73.0 Å². The Kier molecular flexibility index (Phi) is 32.1. The second-order valence-corrected chi connectivity index (χ2v) is 32.3. The van der Waals surface area contributed by atoms with Gasteiger partial charge >= 0.3 is 42.5 Å².